The molecule has 2 rings (SSSR count). The Bertz CT molecular complexity index is 544. The Kier molecular flexibility index (Phi) is 4.02. The number of aromatic nitrogens is 1. The van der Waals surface area contributed by atoms with Crippen LogP contribution in [0.3, 0.4) is 0 Å². The molecular weight excluding hydrogens is 258 g/mol. The van der Waals surface area contributed by atoms with Crippen molar-refractivity contribution in [2.75, 3.05) is 25.0 Å². The fourth-order valence-corrected chi connectivity index (χ4v) is 2.32. The summed E-state index contributed by atoms with van der Waals surface area (Å²) < 4.78 is 0. The van der Waals surface area contributed by atoms with Gasteiger partial charge in [0.25, 0.3) is 0 Å². The third-order valence-electron chi connectivity index (χ3n) is 3.40. The summed E-state index contributed by atoms with van der Waals surface area (Å²) in [7, 11) is 1.76. The number of anilines is 1. The molecule has 1 fully saturated rings. The molecule has 1 saturated heterocycles. The number of hydrogen-bond acceptors (Lipinski definition) is 4. The normalized spacial score (nSPS) is 18.1. The minimum absolute atomic E-state index is 0.0231. The number of carboxylic acid groups (broad SMARTS) is 1. The Labute approximate surface area is 117 Å². The molecule has 1 N–H and O–H groups in total. The molecule has 0 aliphatic carbocycles. The van der Waals surface area contributed by atoms with E-state index < -0.39 is 5.97 Å². The van der Waals surface area contributed by atoms with Crippen LogP contribution in [-0.4, -0.2) is 53.0 Å². The Balaban J connectivity index is 2.17. The molecule has 0 saturated carbocycles. The van der Waals surface area contributed by atoms with Gasteiger partial charge in [-0.1, -0.05) is 12.1 Å². The lowest BCUT2D eigenvalue weighted by Gasteiger charge is -2.24. The van der Waals surface area contributed by atoms with Gasteiger partial charge in [-0.3, -0.25) is 4.79 Å². The van der Waals surface area contributed by atoms with Crippen LogP contribution in [0, 0.1) is 0 Å². The quantitative estimate of drug-likeness (QED) is 0.812. The van der Waals surface area contributed by atoms with E-state index in [1.54, 1.807) is 35.1 Å². The van der Waals surface area contributed by atoms with Crippen LogP contribution in [0.15, 0.2) is 30.9 Å². The number of rotatable bonds is 5. The first-order valence-electron chi connectivity index (χ1n) is 6.37. The molecule has 1 amide bonds. The molecule has 6 nitrogen and oxygen atoms in total. The summed E-state index contributed by atoms with van der Waals surface area (Å²) in [6, 6.07) is 4.46. The van der Waals surface area contributed by atoms with Gasteiger partial charge in [0.15, 0.2) is 5.69 Å². The molecule has 0 spiro atoms. The lowest BCUT2D eigenvalue weighted by Crippen LogP contribution is -2.40. The van der Waals surface area contributed by atoms with Crippen molar-refractivity contribution in [3.63, 3.8) is 0 Å². The van der Waals surface area contributed by atoms with E-state index in [0.717, 1.165) is 0 Å². The molecule has 2 heterocycles. The first-order chi connectivity index (χ1) is 9.54. The van der Waals surface area contributed by atoms with E-state index in [2.05, 4.69) is 11.6 Å². The third-order valence-corrected chi connectivity index (χ3v) is 3.40. The fourth-order valence-electron chi connectivity index (χ4n) is 2.32. The second-order valence-electron chi connectivity index (χ2n) is 4.67. The Morgan fingerprint density at radius 3 is 3.05 bits per heavy atom. The molecule has 1 aromatic rings. The Hall–Kier alpha value is -2.37. The number of carbonyl (C=O) groups is 2. The van der Waals surface area contributed by atoms with Gasteiger partial charge in [-0.2, -0.15) is 0 Å². The summed E-state index contributed by atoms with van der Waals surface area (Å²) in [6.45, 7) is 4.85. The summed E-state index contributed by atoms with van der Waals surface area (Å²) in [5.41, 5.74) is -0.0252. The van der Waals surface area contributed by atoms with Crippen LogP contribution in [0.1, 0.15) is 16.9 Å². The first-order valence-corrected chi connectivity index (χ1v) is 6.37. The lowest BCUT2D eigenvalue weighted by molar-refractivity contribution is -0.128. The van der Waals surface area contributed by atoms with Crippen LogP contribution in [0.2, 0.25) is 0 Å². The molecule has 1 aliphatic rings. The number of carbonyl (C=O) groups excluding carboxylic acids is 1. The van der Waals surface area contributed by atoms with E-state index in [4.69, 9.17) is 5.11 Å². The van der Waals surface area contributed by atoms with E-state index in [1.165, 1.54) is 6.07 Å². The van der Waals surface area contributed by atoms with Crippen molar-refractivity contribution in [2.45, 2.75) is 12.5 Å². The fraction of sp³-hybridized carbons (Fsp3) is 0.357. The maximum absolute atomic E-state index is 12.2. The van der Waals surface area contributed by atoms with E-state index >= 15 is 0 Å². The average Bonchev–Trinajstić information content (AvgIpc) is 2.80. The first kappa shape index (κ1) is 14.0. The molecule has 106 valence electrons. The second-order valence-corrected chi connectivity index (χ2v) is 4.67. The number of likely N-dealkylation sites (N-methyl/N-ethyl adjacent to an activating group) is 1. The summed E-state index contributed by atoms with van der Waals surface area (Å²) in [6.07, 6.45) is 2.39. The highest BCUT2D eigenvalue weighted by Crippen LogP contribution is 2.21. The molecule has 0 bridgehead atoms. The molecule has 0 aromatic carbocycles. The highest BCUT2D eigenvalue weighted by Gasteiger charge is 2.34. The zero-order chi connectivity index (χ0) is 14.7. The standard InChI is InChI=1S/C14H17N3O3/c1-3-8-17-9-7-11(13(17)18)16(2)12-6-4-5-10(15-12)14(19)20/h3-6,11H,1,7-9H2,2H3,(H,19,20). The number of aromatic carboxylic acids is 1. The van der Waals surface area contributed by atoms with Crippen LogP contribution in [-0.2, 0) is 4.79 Å². The molecule has 1 aromatic heterocycles. The van der Waals surface area contributed by atoms with Gasteiger partial charge in [-0.05, 0) is 18.6 Å². The number of carboxylic acids is 1. The summed E-state index contributed by atoms with van der Waals surface area (Å²) in [5.74, 6) is -0.565. The average molecular weight is 275 g/mol. The summed E-state index contributed by atoms with van der Waals surface area (Å²) in [5, 5.41) is 8.95. The van der Waals surface area contributed by atoms with Crippen LogP contribution in [0.25, 0.3) is 0 Å². The number of hydrogen-bond donors (Lipinski definition) is 1. The number of amides is 1. The van der Waals surface area contributed by atoms with Gasteiger partial charge in [0.1, 0.15) is 11.9 Å². The van der Waals surface area contributed by atoms with Gasteiger partial charge in [0.2, 0.25) is 5.91 Å². The van der Waals surface area contributed by atoms with E-state index in [9.17, 15) is 9.59 Å². The van der Waals surface area contributed by atoms with Crippen molar-refractivity contribution in [1.29, 1.82) is 0 Å². The van der Waals surface area contributed by atoms with Crippen molar-refractivity contribution in [3.8, 4) is 0 Å². The number of pyridine rings is 1. The maximum atomic E-state index is 12.2. The molecular formula is C14H17N3O3. The van der Waals surface area contributed by atoms with Gasteiger partial charge in [0, 0.05) is 20.1 Å². The van der Waals surface area contributed by atoms with Crippen molar-refractivity contribution in [2.24, 2.45) is 0 Å². The van der Waals surface area contributed by atoms with Crippen molar-refractivity contribution in [3.05, 3.63) is 36.5 Å². The highest BCUT2D eigenvalue weighted by molar-refractivity contribution is 5.88. The van der Waals surface area contributed by atoms with Crippen LogP contribution in [0.4, 0.5) is 5.82 Å². The third kappa shape index (κ3) is 2.64. The Morgan fingerprint density at radius 2 is 2.40 bits per heavy atom. The van der Waals surface area contributed by atoms with Gasteiger partial charge in [-0.25, -0.2) is 9.78 Å². The predicted molar refractivity (Wildman–Crippen MR) is 74.8 cm³/mol. The molecule has 1 atom stereocenters. The van der Waals surface area contributed by atoms with Crippen LogP contribution >= 0.6 is 0 Å². The van der Waals surface area contributed by atoms with Crippen molar-refractivity contribution < 1.29 is 14.7 Å². The number of likely N-dealkylation sites (tertiary alicyclic amines) is 1. The summed E-state index contributed by atoms with van der Waals surface area (Å²) >= 11 is 0. The smallest absolute Gasteiger partial charge is 0.354 e. The van der Waals surface area contributed by atoms with Crippen molar-refractivity contribution in [1.82, 2.24) is 9.88 Å². The van der Waals surface area contributed by atoms with Crippen LogP contribution in [0.5, 0.6) is 0 Å². The maximum Gasteiger partial charge on any atom is 0.354 e. The van der Waals surface area contributed by atoms with Crippen molar-refractivity contribution >= 4 is 17.7 Å². The largest absolute Gasteiger partial charge is 0.477 e. The Morgan fingerprint density at radius 1 is 1.65 bits per heavy atom. The molecule has 0 radical (unpaired) electrons. The molecule has 20 heavy (non-hydrogen) atoms. The summed E-state index contributed by atoms with van der Waals surface area (Å²) in [4.78, 5) is 30.7. The lowest BCUT2D eigenvalue weighted by atomic mass is 10.2. The van der Waals surface area contributed by atoms with Gasteiger partial charge in [-0.15, -0.1) is 6.58 Å². The minimum Gasteiger partial charge on any atom is -0.477 e. The zero-order valence-corrected chi connectivity index (χ0v) is 11.3. The second kappa shape index (κ2) is 5.73. The minimum atomic E-state index is -1.08. The SMILES string of the molecule is C=CCN1CCC(N(C)c2cccc(C(=O)O)n2)C1=O. The highest BCUT2D eigenvalue weighted by atomic mass is 16.4. The van der Waals surface area contributed by atoms with E-state index in [-0.39, 0.29) is 17.6 Å². The van der Waals surface area contributed by atoms with Crippen LogP contribution < -0.4 is 4.90 Å². The number of nitrogens with zero attached hydrogens (tertiary/aromatic N) is 3. The van der Waals surface area contributed by atoms with Gasteiger partial charge in [0.05, 0.1) is 0 Å². The topological polar surface area (TPSA) is 73.7 Å². The van der Waals surface area contributed by atoms with E-state index in [0.29, 0.717) is 25.3 Å². The predicted octanol–water partition coefficient (Wildman–Crippen LogP) is 1.00. The molecule has 1 aliphatic heterocycles. The monoisotopic (exact) mass is 275 g/mol. The molecule has 6 heteroatoms. The van der Waals surface area contributed by atoms with Gasteiger partial charge >= 0.3 is 5.97 Å². The molecule has 1 unspecified atom stereocenters. The zero-order valence-electron chi connectivity index (χ0n) is 11.3. The van der Waals surface area contributed by atoms with E-state index in [1.807, 2.05) is 0 Å². The van der Waals surface area contributed by atoms with Gasteiger partial charge < -0.3 is 14.9 Å².